The van der Waals surface area contributed by atoms with Crippen LogP contribution in [-0.4, -0.2) is 91.3 Å². The van der Waals surface area contributed by atoms with E-state index in [-0.39, 0.29) is 38.8 Å². The molecular formula is C30H22BClF14N10O4. The minimum atomic E-state index is -4.87. The summed E-state index contributed by atoms with van der Waals surface area (Å²) in [6, 6.07) is 3.71. The molecule has 324 valence electrons. The summed E-state index contributed by atoms with van der Waals surface area (Å²) >= 11 is 5.94. The second-order valence-electron chi connectivity index (χ2n) is 11.9. The molecule has 0 aliphatic rings. The lowest BCUT2D eigenvalue weighted by atomic mass is 9.99. The number of ether oxygens (including phenoxy) is 2. The normalized spacial score (nSPS) is 13.3. The van der Waals surface area contributed by atoms with Crippen LogP contribution in [0.2, 0.25) is 11.8 Å². The molecule has 60 heavy (non-hydrogen) atoms. The molecule has 0 unspecified atom stereocenters. The Bertz CT molecular complexity index is 2290. The van der Waals surface area contributed by atoms with Gasteiger partial charge in [0.2, 0.25) is 0 Å². The van der Waals surface area contributed by atoms with Gasteiger partial charge < -0.3 is 19.5 Å². The van der Waals surface area contributed by atoms with Gasteiger partial charge in [-0.2, -0.15) is 71.9 Å². The van der Waals surface area contributed by atoms with Gasteiger partial charge in [0, 0.05) is 29.6 Å². The monoisotopic (exact) mass is 898 g/mol. The van der Waals surface area contributed by atoms with E-state index in [0.717, 1.165) is 24.5 Å². The summed E-state index contributed by atoms with van der Waals surface area (Å²) in [7, 11) is -1.17. The second kappa shape index (κ2) is 17.5. The van der Waals surface area contributed by atoms with E-state index in [2.05, 4.69) is 50.0 Å². The third kappa shape index (κ3) is 11.3. The van der Waals surface area contributed by atoms with Gasteiger partial charge in [-0.05, 0) is 51.4 Å². The highest BCUT2D eigenvalue weighted by Crippen LogP contribution is 2.34. The SMILES string of the molecule is CB(O)O.C[C@H](Oc1ncc(-c2nn3c(C(F)(F)F)nnc3cc2Cl)cc1F)C(F)(F)F.Cc1cc2nnc(C(F)(F)F)n2nc1-c1cnc(O[C@@H](C)C(F)(F)F)c(F)c1. The number of rotatable bonds is 6. The van der Waals surface area contributed by atoms with Gasteiger partial charge in [-0.1, -0.05) is 11.6 Å². The summed E-state index contributed by atoms with van der Waals surface area (Å²) in [5.74, 6) is -7.16. The van der Waals surface area contributed by atoms with E-state index >= 15 is 0 Å². The van der Waals surface area contributed by atoms with Crippen LogP contribution in [0.5, 0.6) is 11.8 Å². The van der Waals surface area contributed by atoms with E-state index in [1.165, 1.54) is 19.8 Å². The van der Waals surface area contributed by atoms with Crippen molar-refractivity contribution in [3.05, 3.63) is 70.5 Å². The maximum atomic E-state index is 14.1. The van der Waals surface area contributed by atoms with Gasteiger partial charge in [0.15, 0.2) is 35.1 Å². The minimum absolute atomic E-state index is 0.0641. The number of hydrogen-bond donors (Lipinski definition) is 2. The van der Waals surface area contributed by atoms with Crippen molar-refractivity contribution in [1.82, 2.24) is 49.6 Å². The zero-order chi connectivity index (χ0) is 45.3. The maximum Gasteiger partial charge on any atom is 0.453 e. The fourth-order valence-corrected chi connectivity index (χ4v) is 4.56. The van der Waals surface area contributed by atoms with Crippen molar-refractivity contribution in [3.8, 4) is 34.3 Å². The smallest absolute Gasteiger partial charge is 0.453 e. The Labute approximate surface area is 329 Å². The van der Waals surface area contributed by atoms with Crippen molar-refractivity contribution in [2.24, 2.45) is 0 Å². The molecule has 0 aromatic carbocycles. The summed E-state index contributed by atoms with van der Waals surface area (Å²) < 4.78 is 191. The van der Waals surface area contributed by atoms with Crippen LogP contribution in [0.15, 0.2) is 36.7 Å². The lowest BCUT2D eigenvalue weighted by Gasteiger charge is -2.17. The molecule has 0 amide bonds. The van der Waals surface area contributed by atoms with Crippen LogP contribution in [0, 0.1) is 18.6 Å². The van der Waals surface area contributed by atoms with Crippen molar-refractivity contribution < 1.29 is 81.0 Å². The van der Waals surface area contributed by atoms with E-state index in [9.17, 15) is 61.5 Å². The summed E-state index contributed by atoms with van der Waals surface area (Å²) in [5.41, 5.74) is -0.827. The van der Waals surface area contributed by atoms with Gasteiger partial charge in [-0.25, -0.2) is 18.7 Å². The maximum absolute atomic E-state index is 14.1. The molecule has 6 aromatic rings. The molecule has 0 saturated carbocycles. The Morgan fingerprint density at radius 2 is 1.00 bits per heavy atom. The van der Waals surface area contributed by atoms with Crippen molar-refractivity contribution in [2.45, 2.75) is 64.5 Å². The molecule has 6 rings (SSSR count). The molecular weight excluding hydrogens is 877 g/mol. The first-order chi connectivity index (χ1) is 27.5. The zero-order valence-corrected chi connectivity index (χ0v) is 30.8. The lowest BCUT2D eigenvalue weighted by molar-refractivity contribution is -0.190. The quantitative estimate of drug-likeness (QED) is 0.126. The van der Waals surface area contributed by atoms with Gasteiger partial charge in [-0.15, -0.1) is 20.4 Å². The number of aromatic nitrogens is 10. The highest BCUT2D eigenvalue weighted by atomic mass is 35.5. The molecule has 0 spiro atoms. The highest BCUT2D eigenvalue weighted by molar-refractivity contribution is 6.39. The standard InChI is InChI=1S/C15H10F7N5O.C14H7ClF7N5O.CH5BO2/c1-6-3-10-24-25-13(15(20,21)22)27(10)26-11(6)8-4-9(16)12(23-5-8)28-7(2)14(17,18)19;1-5(13(17,18)19)28-11-8(16)2-6(4-23-11)10-7(15)3-9-24-25-12(14(20,21)22)27(9)26-10;1-2(3)4/h3-5,7H,1-2H3;2-5H,1H3;3-4H,1H3/t7-;5-;/m00./s1. The van der Waals surface area contributed by atoms with E-state index in [1.807, 2.05) is 0 Å². The van der Waals surface area contributed by atoms with E-state index < -0.39 is 79.1 Å². The Morgan fingerprint density at radius 3 is 1.37 bits per heavy atom. The van der Waals surface area contributed by atoms with Gasteiger partial charge in [-0.3, -0.25) is 0 Å². The molecule has 2 atom stereocenters. The molecule has 0 aliphatic heterocycles. The number of halogens is 15. The largest absolute Gasteiger partial charge is 0.463 e. The number of fused-ring (bicyclic) bond motifs is 2. The topological polar surface area (TPSA) is 171 Å². The molecule has 0 saturated heterocycles. The van der Waals surface area contributed by atoms with Crippen LogP contribution < -0.4 is 9.47 Å². The first-order valence-corrected chi connectivity index (χ1v) is 16.3. The molecule has 14 nitrogen and oxygen atoms in total. The van der Waals surface area contributed by atoms with E-state index in [1.54, 1.807) is 0 Å². The van der Waals surface area contributed by atoms with Crippen LogP contribution in [0.4, 0.5) is 61.5 Å². The summed E-state index contributed by atoms with van der Waals surface area (Å²) in [6.07, 6.45) is -22.0. The minimum Gasteiger partial charge on any atom is -0.463 e. The van der Waals surface area contributed by atoms with Gasteiger partial charge >= 0.3 is 31.8 Å². The summed E-state index contributed by atoms with van der Waals surface area (Å²) in [4.78, 5) is 6.92. The number of hydrogen-bond acceptors (Lipinski definition) is 12. The summed E-state index contributed by atoms with van der Waals surface area (Å²) in [6.45, 7) is 4.10. The van der Waals surface area contributed by atoms with Crippen LogP contribution in [-0.2, 0) is 12.4 Å². The van der Waals surface area contributed by atoms with E-state index in [4.69, 9.17) is 21.6 Å². The van der Waals surface area contributed by atoms with Crippen molar-refractivity contribution in [3.63, 3.8) is 0 Å². The predicted octanol–water partition coefficient (Wildman–Crippen LogP) is 7.40. The third-order valence-corrected chi connectivity index (χ3v) is 7.39. The van der Waals surface area contributed by atoms with Crippen LogP contribution in [0.25, 0.3) is 33.8 Å². The average Bonchev–Trinajstić information content (AvgIpc) is 3.72. The Kier molecular flexibility index (Phi) is 13.7. The first-order valence-electron chi connectivity index (χ1n) is 15.9. The Balaban J connectivity index is 0.000000243. The molecule has 6 heterocycles. The second-order valence-corrected chi connectivity index (χ2v) is 12.3. The van der Waals surface area contributed by atoms with Crippen molar-refractivity contribution in [2.75, 3.05) is 0 Å². The lowest BCUT2D eigenvalue weighted by Crippen LogP contribution is -2.31. The van der Waals surface area contributed by atoms with Gasteiger partial charge in [0.25, 0.3) is 23.4 Å². The fourth-order valence-electron chi connectivity index (χ4n) is 4.32. The zero-order valence-electron chi connectivity index (χ0n) is 30.0. The van der Waals surface area contributed by atoms with Gasteiger partial charge in [0.05, 0.1) is 10.7 Å². The Hall–Kier alpha value is -5.71. The predicted molar refractivity (Wildman–Crippen MR) is 176 cm³/mol. The molecule has 0 aliphatic carbocycles. The fraction of sp³-hybridized carbons (Fsp3) is 0.333. The number of aryl methyl sites for hydroxylation is 1. The van der Waals surface area contributed by atoms with Crippen LogP contribution >= 0.6 is 11.6 Å². The van der Waals surface area contributed by atoms with Crippen molar-refractivity contribution >= 4 is 30.0 Å². The van der Waals surface area contributed by atoms with Crippen LogP contribution in [0.3, 0.4) is 0 Å². The highest BCUT2D eigenvalue weighted by Gasteiger charge is 2.41. The number of pyridine rings is 2. The number of alkyl halides is 12. The third-order valence-electron chi connectivity index (χ3n) is 7.10. The number of nitrogens with zero attached hydrogens (tertiary/aromatic N) is 10. The molecule has 0 fully saturated rings. The summed E-state index contributed by atoms with van der Waals surface area (Å²) in [5, 5.41) is 35.2. The molecule has 0 bridgehead atoms. The molecule has 30 heteroatoms. The molecule has 0 radical (unpaired) electrons. The Morgan fingerprint density at radius 1 is 0.633 bits per heavy atom. The molecule has 2 N–H and O–H groups in total. The van der Waals surface area contributed by atoms with Crippen molar-refractivity contribution in [1.29, 1.82) is 0 Å². The molecule has 6 aromatic heterocycles. The van der Waals surface area contributed by atoms with E-state index in [0.29, 0.717) is 34.5 Å². The first kappa shape index (κ1) is 47.0. The van der Waals surface area contributed by atoms with Crippen LogP contribution in [0.1, 0.15) is 31.1 Å². The van der Waals surface area contributed by atoms with Gasteiger partial charge in [0.1, 0.15) is 5.69 Å². The average molecular weight is 899 g/mol.